The molecule has 1 saturated heterocycles. The van der Waals surface area contributed by atoms with E-state index >= 15 is 0 Å². The summed E-state index contributed by atoms with van der Waals surface area (Å²) in [7, 11) is 0. The molecule has 3 rings (SSSR count). The van der Waals surface area contributed by atoms with Crippen molar-refractivity contribution in [2.75, 3.05) is 50.7 Å². The van der Waals surface area contributed by atoms with Crippen molar-refractivity contribution in [2.45, 2.75) is 20.8 Å². The van der Waals surface area contributed by atoms with E-state index in [4.69, 9.17) is 0 Å². The van der Waals surface area contributed by atoms with Crippen molar-refractivity contribution in [3.8, 4) is 0 Å². The SMILES string of the molecule is CCN(CC)CC(=O)N1CCN(c2nccn3nc(C)cc23)CC1. The number of hydrogen-bond donors (Lipinski definition) is 0. The van der Waals surface area contributed by atoms with Gasteiger partial charge in [-0.05, 0) is 26.1 Å². The smallest absolute Gasteiger partial charge is 0.236 e. The third kappa shape index (κ3) is 3.36. The number of amides is 1. The normalized spacial score (nSPS) is 15.5. The van der Waals surface area contributed by atoms with Crippen molar-refractivity contribution in [1.29, 1.82) is 0 Å². The van der Waals surface area contributed by atoms with Crippen molar-refractivity contribution in [3.63, 3.8) is 0 Å². The van der Waals surface area contributed by atoms with Gasteiger partial charge in [0.15, 0.2) is 5.82 Å². The van der Waals surface area contributed by atoms with Crippen LogP contribution in [0.2, 0.25) is 0 Å². The van der Waals surface area contributed by atoms with Gasteiger partial charge in [0, 0.05) is 38.6 Å². The Morgan fingerprint density at radius 3 is 2.58 bits per heavy atom. The highest BCUT2D eigenvalue weighted by molar-refractivity contribution is 5.79. The van der Waals surface area contributed by atoms with Crippen LogP contribution in [-0.4, -0.2) is 76.1 Å². The minimum Gasteiger partial charge on any atom is -0.351 e. The molecule has 3 heterocycles. The van der Waals surface area contributed by atoms with Gasteiger partial charge in [-0.3, -0.25) is 9.69 Å². The van der Waals surface area contributed by atoms with Gasteiger partial charge >= 0.3 is 0 Å². The van der Waals surface area contributed by atoms with Crippen LogP contribution in [0.3, 0.4) is 0 Å². The summed E-state index contributed by atoms with van der Waals surface area (Å²) in [4.78, 5) is 23.3. The maximum atomic E-state index is 12.4. The van der Waals surface area contributed by atoms with E-state index in [9.17, 15) is 4.79 Å². The standard InChI is InChI=1S/C17H26N6O/c1-4-20(5-2)13-16(24)21-8-10-22(11-9-21)17-15-12-14(3)19-23(15)7-6-18-17/h6-7,12H,4-5,8-11,13H2,1-3H3. The molecule has 0 aromatic carbocycles. The lowest BCUT2D eigenvalue weighted by Gasteiger charge is -2.36. The van der Waals surface area contributed by atoms with E-state index in [-0.39, 0.29) is 5.91 Å². The van der Waals surface area contributed by atoms with Crippen LogP contribution in [0.4, 0.5) is 5.82 Å². The van der Waals surface area contributed by atoms with E-state index in [2.05, 4.69) is 39.8 Å². The van der Waals surface area contributed by atoms with Crippen LogP contribution in [0.15, 0.2) is 18.5 Å². The highest BCUT2D eigenvalue weighted by Crippen LogP contribution is 2.20. The van der Waals surface area contributed by atoms with Gasteiger partial charge in [-0.1, -0.05) is 13.8 Å². The van der Waals surface area contributed by atoms with E-state index in [0.29, 0.717) is 6.54 Å². The van der Waals surface area contributed by atoms with Gasteiger partial charge < -0.3 is 9.80 Å². The molecule has 1 aliphatic heterocycles. The number of carbonyl (C=O) groups is 1. The molecule has 0 unspecified atom stereocenters. The molecule has 0 radical (unpaired) electrons. The molecule has 24 heavy (non-hydrogen) atoms. The Bertz CT molecular complexity index is 700. The Balaban J connectivity index is 1.65. The molecule has 0 atom stereocenters. The molecule has 0 spiro atoms. The minimum absolute atomic E-state index is 0.227. The molecular formula is C17H26N6O. The predicted octanol–water partition coefficient (Wildman–Crippen LogP) is 1.03. The second-order valence-corrected chi connectivity index (χ2v) is 6.20. The van der Waals surface area contributed by atoms with Crippen LogP contribution >= 0.6 is 0 Å². The molecular weight excluding hydrogens is 304 g/mol. The molecule has 0 N–H and O–H groups in total. The van der Waals surface area contributed by atoms with Crippen LogP contribution in [0.5, 0.6) is 0 Å². The van der Waals surface area contributed by atoms with Crippen molar-refractivity contribution in [2.24, 2.45) is 0 Å². The van der Waals surface area contributed by atoms with E-state index < -0.39 is 0 Å². The van der Waals surface area contributed by atoms with Crippen LogP contribution in [-0.2, 0) is 4.79 Å². The highest BCUT2D eigenvalue weighted by atomic mass is 16.2. The first kappa shape index (κ1) is 16.7. The Morgan fingerprint density at radius 2 is 1.92 bits per heavy atom. The van der Waals surface area contributed by atoms with Gasteiger partial charge in [0.2, 0.25) is 5.91 Å². The van der Waals surface area contributed by atoms with Gasteiger partial charge in [0.1, 0.15) is 5.52 Å². The molecule has 7 heteroatoms. The number of aromatic nitrogens is 3. The largest absolute Gasteiger partial charge is 0.351 e. The van der Waals surface area contributed by atoms with E-state index in [1.807, 2.05) is 22.5 Å². The van der Waals surface area contributed by atoms with E-state index in [1.54, 1.807) is 6.20 Å². The lowest BCUT2D eigenvalue weighted by Crippen LogP contribution is -2.51. The molecule has 0 bridgehead atoms. The zero-order valence-corrected chi connectivity index (χ0v) is 14.8. The number of fused-ring (bicyclic) bond motifs is 1. The first-order chi connectivity index (χ1) is 11.6. The monoisotopic (exact) mass is 330 g/mol. The lowest BCUT2D eigenvalue weighted by molar-refractivity contribution is -0.132. The summed E-state index contributed by atoms with van der Waals surface area (Å²) < 4.78 is 1.87. The van der Waals surface area contributed by atoms with Crippen molar-refractivity contribution < 1.29 is 4.79 Å². The van der Waals surface area contributed by atoms with Gasteiger partial charge in [0.25, 0.3) is 0 Å². The molecule has 7 nitrogen and oxygen atoms in total. The van der Waals surface area contributed by atoms with E-state index in [0.717, 1.165) is 56.3 Å². The average Bonchev–Trinajstić information content (AvgIpc) is 2.99. The topological polar surface area (TPSA) is 57.0 Å². The first-order valence-corrected chi connectivity index (χ1v) is 8.68. The Labute approximate surface area is 142 Å². The Hall–Kier alpha value is -2.15. The molecule has 1 aliphatic rings. The fourth-order valence-electron chi connectivity index (χ4n) is 3.18. The molecule has 1 fully saturated rings. The summed E-state index contributed by atoms with van der Waals surface area (Å²) in [6, 6.07) is 2.06. The summed E-state index contributed by atoms with van der Waals surface area (Å²) >= 11 is 0. The second kappa shape index (κ2) is 7.17. The van der Waals surface area contributed by atoms with Gasteiger partial charge in [0.05, 0.1) is 12.2 Å². The summed E-state index contributed by atoms with van der Waals surface area (Å²) in [6.45, 7) is 11.6. The van der Waals surface area contributed by atoms with Crippen LogP contribution in [0.25, 0.3) is 5.52 Å². The fourth-order valence-corrected chi connectivity index (χ4v) is 3.18. The maximum Gasteiger partial charge on any atom is 0.236 e. The lowest BCUT2D eigenvalue weighted by atomic mass is 10.2. The predicted molar refractivity (Wildman–Crippen MR) is 94.3 cm³/mol. The quantitative estimate of drug-likeness (QED) is 0.819. The first-order valence-electron chi connectivity index (χ1n) is 8.68. The Kier molecular flexibility index (Phi) is 4.99. The van der Waals surface area contributed by atoms with Gasteiger partial charge in [-0.15, -0.1) is 0 Å². The van der Waals surface area contributed by atoms with Crippen molar-refractivity contribution >= 4 is 17.2 Å². The van der Waals surface area contributed by atoms with E-state index in [1.165, 1.54) is 0 Å². The van der Waals surface area contributed by atoms with Gasteiger partial charge in [-0.2, -0.15) is 5.10 Å². The van der Waals surface area contributed by atoms with Crippen LogP contribution in [0.1, 0.15) is 19.5 Å². The van der Waals surface area contributed by atoms with Crippen LogP contribution < -0.4 is 4.90 Å². The van der Waals surface area contributed by atoms with Crippen molar-refractivity contribution in [1.82, 2.24) is 24.4 Å². The summed E-state index contributed by atoms with van der Waals surface area (Å²) in [5.41, 5.74) is 2.01. The molecule has 2 aromatic heterocycles. The number of anilines is 1. The number of aryl methyl sites for hydroxylation is 1. The number of nitrogens with zero attached hydrogens (tertiary/aromatic N) is 6. The average molecular weight is 330 g/mol. The van der Waals surface area contributed by atoms with Crippen LogP contribution in [0, 0.1) is 6.92 Å². The fraction of sp³-hybridized carbons (Fsp3) is 0.588. The molecule has 2 aromatic rings. The number of piperazine rings is 1. The second-order valence-electron chi connectivity index (χ2n) is 6.20. The van der Waals surface area contributed by atoms with Crippen molar-refractivity contribution in [3.05, 3.63) is 24.2 Å². The number of likely N-dealkylation sites (N-methyl/N-ethyl adjacent to an activating group) is 1. The highest BCUT2D eigenvalue weighted by Gasteiger charge is 2.24. The third-order valence-corrected chi connectivity index (χ3v) is 4.68. The summed E-state index contributed by atoms with van der Waals surface area (Å²) in [5.74, 6) is 1.18. The summed E-state index contributed by atoms with van der Waals surface area (Å²) in [5, 5.41) is 4.44. The number of rotatable bonds is 5. The third-order valence-electron chi connectivity index (χ3n) is 4.68. The van der Waals surface area contributed by atoms with Gasteiger partial charge in [-0.25, -0.2) is 9.50 Å². The number of hydrogen-bond acceptors (Lipinski definition) is 5. The zero-order chi connectivity index (χ0) is 17.1. The molecule has 0 saturated carbocycles. The zero-order valence-electron chi connectivity index (χ0n) is 14.8. The summed E-state index contributed by atoms with van der Waals surface area (Å²) in [6.07, 6.45) is 3.66. The molecule has 130 valence electrons. The maximum absolute atomic E-state index is 12.4. The molecule has 0 aliphatic carbocycles. The molecule has 1 amide bonds. The minimum atomic E-state index is 0.227. The number of carbonyl (C=O) groups excluding carboxylic acids is 1. The Morgan fingerprint density at radius 1 is 1.21 bits per heavy atom.